The molecule has 1 aromatic rings. The molecule has 0 aliphatic rings. The number of thiophene rings is 1. The number of halogens is 1. The van der Waals surface area contributed by atoms with Crippen LogP contribution in [0.5, 0.6) is 5.06 Å². The molecule has 0 aromatic carbocycles. The third-order valence-corrected chi connectivity index (χ3v) is 2.33. The Hall–Kier alpha value is -0.540. The molecule has 0 aliphatic carbocycles. The molecule has 11 heavy (non-hydrogen) atoms. The van der Waals surface area contributed by atoms with Crippen molar-refractivity contribution in [2.45, 2.75) is 6.42 Å². The molecule has 1 aromatic heterocycles. The van der Waals surface area contributed by atoms with Crippen molar-refractivity contribution in [1.29, 1.82) is 0 Å². The SMILES string of the molecule is COc1ccc(CC(=O)Cl)s1. The van der Waals surface area contributed by atoms with Crippen molar-refractivity contribution < 1.29 is 9.53 Å². The summed E-state index contributed by atoms with van der Waals surface area (Å²) in [6.45, 7) is 0. The van der Waals surface area contributed by atoms with Crippen LogP contribution in [0.4, 0.5) is 0 Å². The summed E-state index contributed by atoms with van der Waals surface area (Å²) in [5.74, 6) is 0. The van der Waals surface area contributed by atoms with E-state index in [9.17, 15) is 4.79 Å². The average Bonchev–Trinajstić information content (AvgIpc) is 2.34. The Morgan fingerprint density at radius 3 is 2.91 bits per heavy atom. The lowest BCUT2D eigenvalue weighted by atomic mass is 10.4. The number of methoxy groups -OCH3 is 1. The van der Waals surface area contributed by atoms with E-state index in [1.54, 1.807) is 7.11 Å². The molecule has 0 unspecified atom stereocenters. The van der Waals surface area contributed by atoms with Gasteiger partial charge in [0.25, 0.3) is 0 Å². The van der Waals surface area contributed by atoms with E-state index in [1.165, 1.54) is 11.3 Å². The van der Waals surface area contributed by atoms with Crippen LogP contribution in [0, 0.1) is 0 Å². The van der Waals surface area contributed by atoms with E-state index in [4.69, 9.17) is 16.3 Å². The summed E-state index contributed by atoms with van der Waals surface area (Å²) >= 11 is 6.63. The molecule has 0 N–H and O–H groups in total. The Kier molecular flexibility index (Phi) is 2.91. The van der Waals surface area contributed by atoms with E-state index < -0.39 is 0 Å². The van der Waals surface area contributed by atoms with Gasteiger partial charge in [-0.05, 0) is 23.7 Å². The second-order valence-corrected chi connectivity index (χ2v) is 3.51. The van der Waals surface area contributed by atoms with Crippen LogP contribution in [-0.4, -0.2) is 12.4 Å². The lowest BCUT2D eigenvalue weighted by molar-refractivity contribution is -0.111. The quantitative estimate of drug-likeness (QED) is 0.683. The van der Waals surface area contributed by atoms with Crippen molar-refractivity contribution >= 4 is 28.2 Å². The van der Waals surface area contributed by atoms with Crippen LogP contribution in [0.15, 0.2) is 12.1 Å². The van der Waals surface area contributed by atoms with E-state index in [0.29, 0.717) is 0 Å². The van der Waals surface area contributed by atoms with Crippen LogP contribution in [0.25, 0.3) is 0 Å². The van der Waals surface area contributed by atoms with Gasteiger partial charge in [0.05, 0.1) is 13.5 Å². The Bertz CT molecular complexity index is 257. The molecule has 0 spiro atoms. The predicted molar refractivity (Wildman–Crippen MR) is 45.4 cm³/mol. The smallest absolute Gasteiger partial charge is 0.226 e. The summed E-state index contributed by atoms with van der Waals surface area (Å²) in [6.07, 6.45) is 0.287. The molecular formula is C7H7ClO2S. The lowest BCUT2D eigenvalue weighted by Gasteiger charge is -1.89. The summed E-state index contributed by atoms with van der Waals surface area (Å²) in [5, 5.41) is 0.465. The Balaban J connectivity index is 2.65. The predicted octanol–water partition coefficient (Wildman–Crippen LogP) is 2.06. The number of hydrogen-bond acceptors (Lipinski definition) is 3. The average molecular weight is 191 g/mol. The minimum atomic E-state index is -0.338. The molecule has 1 rings (SSSR count). The van der Waals surface area contributed by atoms with Gasteiger partial charge in [-0.15, -0.1) is 11.3 Å². The molecule has 1 heterocycles. The first-order valence-corrected chi connectivity index (χ1v) is 4.23. The number of carbonyl (C=O) groups is 1. The number of rotatable bonds is 3. The molecule has 0 bridgehead atoms. The van der Waals surface area contributed by atoms with Crippen molar-refractivity contribution in [2.75, 3.05) is 7.11 Å². The fraction of sp³-hybridized carbons (Fsp3) is 0.286. The number of ether oxygens (including phenoxy) is 1. The second kappa shape index (κ2) is 3.74. The molecule has 60 valence electrons. The van der Waals surface area contributed by atoms with Crippen molar-refractivity contribution in [3.63, 3.8) is 0 Å². The summed E-state index contributed by atoms with van der Waals surface area (Å²) in [4.78, 5) is 11.4. The third kappa shape index (κ3) is 2.52. The molecule has 0 aliphatic heterocycles. The maximum Gasteiger partial charge on any atom is 0.226 e. The van der Waals surface area contributed by atoms with Crippen LogP contribution < -0.4 is 4.74 Å². The number of hydrogen-bond donors (Lipinski definition) is 0. The van der Waals surface area contributed by atoms with Gasteiger partial charge in [0.15, 0.2) is 5.06 Å². The van der Waals surface area contributed by atoms with Gasteiger partial charge in [0.2, 0.25) is 5.24 Å². The summed E-state index contributed by atoms with van der Waals surface area (Å²) in [7, 11) is 1.60. The fourth-order valence-electron chi connectivity index (χ4n) is 0.700. The van der Waals surface area contributed by atoms with Gasteiger partial charge in [-0.25, -0.2) is 0 Å². The summed E-state index contributed by atoms with van der Waals surface area (Å²) < 4.78 is 4.94. The van der Waals surface area contributed by atoms with Gasteiger partial charge in [-0.3, -0.25) is 4.79 Å². The van der Waals surface area contributed by atoms with Gasteiger partial charge < -0.3 is 4.74 Å². The van der Waals surface area contributed by atoms with E-state index in [1.807, 2.05) is 12.1 Å². The van der Waals surface area contributed by atoms with Gasteiger partial charge in [0.1, 0.15) is 0 Å². The van der Waals surface area contributed by atoms with E-state index in [2.05, 4.69) is 0 Å². The highest BCUT2D eigenvalue weighted by atomic mass is 35.5. The molecule has 2 nitrogen and oxygen atoms in total. The van der Waals surface area contributed by atoms with Crippen molar-refractivity contribution in [1.82, 2.24) is 0 Å². The minimum absolute atomic E-state index is 0.287. The van der Waals surface area contributed by atoms with E-state index in [0.717, 1.165) is 9.94 Å². The summed E-state index contributed by atoms with van der Waals surface area (Å²) in [6, 6.07) is 3.66. The Morgan fingerprint density at radius 1 is 1.73 bits per heavy atom. The molecule has 0 radical (unpaired) electrons. The first-order valence-electron chi connectivity index (χ1n) is 3.03. The fourth-order valence-corrected chi connectivity index (χ4v) is 1.74. The minimum Gasteiger partial charge on any atom is -0.487 e. The first-order chi connectivity index (χ1) is 5.22. The number of carbonyl (C=O) groups excluding carboxylic acids is 1. The van der Waals surface area contributed by atoms with E-state index in [-0.39, 0.29) is 11.7 Å². The monoisotopic (exact) mass is 190 g/mol. The summed E-state index contributed by atoms with van der Waals surface area (Å²) in [5.41, 5.74) is 0. The zero-order valence-electron chi connectivity index (χ0n) is 5.96. The van der Waals surface area contributed by atoms with Crippen molar-refractivity contribution in [2.24, 2.45) is 0 Å². The zero-order valence-corrected chi connectivity index (χ0v) is 7.54. The molecule has 0 fully saturated rings. The van der Waals surface area contributed by atoms with Crippen molar-refractivity contribution in [3.05, 3.63) is 17.0 Å². The second-order valence-electron chi connectivity index (χ2n) is 1.96. The molecule has 0 saturated heterocycles. The highest BCUT2D eigenvalue weighted by Crippen LogP contribution is 2.24. The van der Waals surface area contributed by atoms with Gasteiger partial charge in [0, 0.05) is 4.88 Å². The highest BCUT2D eigenvalue weighted by molar-refractivity contribution is 7.14. The van der Waals surface area contributed by atoms with Crippen LogP contribution in [0.2, 0.25) is 0 Å². The zero-order chi connectivity index (χ0) is 8.27. The van der Waals surface area contributed by atoms with Crippen molar-refractivity contribution in [3.8, 4) is 5.06 Å². The normalized spacial score (nSPS) is 9.64. The Labute approximate surface area is 73.7 Å². The van der Waals surface area contributed by atoms with Crippen LogP contribution in [0.1, 0.15) is 4.88 Å². The van der Waals surface area contributed by atoms with E-state index >= 15 is 0 Å². The van der Waals surface area contributed by atoms with Crippen LogP contribution in [0.3, 0.4) is 0 Å². The third-order valence-electron chi connectivity index (χ3n) is 1.15. The topological polar surface area (TPSA) is 26.3 Å². The maximum absolute atomic E-state index is 10.4. The lowest BCUT2D eigenvalue weighted by Crippen LogP contribution is -1.88. The highest BCUT2D eigenvalue weighted by Gasteiger charge is 2.02. The first kappa shape index (κ1) is 8.56. The van der Waals surface area contributed by atoms with Gasteiger partial charge >= 0.3 is 0 Å². The van der Waals surface area contributed by atoms with Crippen LogP contribution in [-0.2, 0) is 11.2 Å². The molecule has 4 heteroatoms. The van der Waals surface area contributed by atoms with Gasteiger partial charge in [-0.1, -0.05) is 0 Å². The molecular weight excluding hydrogens is 184 g/mol. The van der Waals surface area contributed by atoms with Gasteiger partial charge in [-0.2, -0.15) is 0 Å². The standard InChI is InChI=1S/C7H7ClO2S/c1-10-7-3-2-5(11-7)4-6(8)9/h2-3H,4H2,1H3. The maximum atomic E-state index is 10.4. The Morgan fingerprint density at radius 2 is 2.45 bits per heavy atom. The van der Waals surface area contributed by atoms with Crippen LogP contribution >= 0.6 is 22.9 Å². The molecule has 0 amide bonds. The molecule has 0 saturated carbocycles. The molecule has 0 atom stereocenters. The largest absolute Gasteiger partial charge is 0.487 e.